The molecule has 19 heavy (non-hydrogen) atoms. The minimum absolute atomic E-state index is 0.348. The maximum atomic E-state index is 4.46. The lowest BCUT2D eigenvalue weighted by molar-refractivity contribution is 1.03. The highest BCUT2D eigenvalue weighted by Crippen LogP contribution is 2.26. The molecule has 0 aliphatic heterocycles. The standard InChI is InChI=1S/C15H12N3S/c1-4-10-16-13(7-1)19(14-8-2-5-11-17-14)15-9-3-6-12-18-15/h1-12H/q+1. The normalized spacial score (nSPS) is 10.6. The van der Waals surface area contributed by atoms with Gasteiger partial charge in [-0.25, -0.2) is 15.0 Å². The van der Waals surface area contributed by atoms with Gasteiger partial charge < -0.3 is 0 Å². The summed E-state index contributed by atoms with van der Waals surface area (Å²) in [6, 6.07) is 17.8. The van der Waals surface area contributed by atoms with Crippen LogP contribution in [-0.4, -0.2) is 15.0 Å². The molecule has 3 aromatic heterocycles. The van der Waals surface area contributed by atoms with Gasteiger partial charge in [-0.2, -0.15) is 0 Å². The molecule has 0 aliphatic rings. The lowest BCUT2D eigenvalue weighted by Gasteiger charge is -2.03. The van der Waals surface area contributed by atoms with Crippen LogP contribution in [0.25, 0.3) is 0 Å². The van der Waals surface area contributed by atoms with Crippen LogP contribution < -0.4 is 0 Å². The fourth-order valence-electron chi connectivity index (χ4n) is 1.72. The molecular weight excluding hydrogens is 254 g/mol. The molecule has 0 aliphatic carbocycles. The number of nitrogens with zero attached hydrogens (tertiary/aromatic N) is 3. The molecule has 0 amide bonds. The first-order valence-corrected chi connectivity index (χ1v) is 7.15. The fourth-order valence-corrected chi connectivity index (χ4v) is 3.51. The van der Waals surface area contributed by atoms with Gasteiger partial charge in [0.05, 0.1) is 0 Å². The summed E-state index contributed by atoms with van der Waals surface area (Å²) in [6.45, 7) is 0. The van der Waals surface area contributed by atoms with Crippen molar-refractivity contribution in [2.24, 2.45) is 0 Å². The van der Waals surface area contributed by atoms with Crippen molar-refractivity contribution in [1.29, 1.82) is 0 Å². The summed E-state index contributed by atoms with van der Waals surface area (Å²) in [7, 11) is -0.348. The van der Waals surface area contributed by atoms with Crippen LogP contribution in [-0.2, 0) is 10.9 Å². The van der Waals surface area contributed by atoms with E-state index in [1.165, 1.54) is 0 Å². The number of rotatable bonds is 3. The Morgan fingerprint density at radius 1 is 0.526 bits per heavy atom. The van der Waals surface area contributed by atoms with Gasteiger partial charge in [0.15, 0.2) is 10.9 Å². The second kappa shape index (κ2) is 5.63. The van der Waals surface area contributed by atoms with Gasteiger partial charge in [-0.15, -0.1) is 0 Å². The number of aromatic nitrogens is 3. The zero-order valence-corrected chi connectivity index (χ0v) is 11.0. The second-order valence-electron chi connectivity index (χ2n) is 3.81. The molecule has 3 nitrogen and oxygen atoms in total. The number of hydrogen-bond donors (Lipinski definition) is 0. The molecule has 0 saturated carbocycles. The molecule has 0 N–H and O–H groups in total. The highest BCUT2D eigenvalue weighted by Gasteiger charge is 2.32. The summed E-state index contributed by atoms with van der Waals surface area (Å²) in [6.07, 6.45) is 5.42. The van der Waals surface area contributed by atoms with Crippen LogP contribution in [0.2, 0.25) is 0 Å². The van der Waals surface area contributed by atoms with E-state index in [1.807, 2.05) is 54.6 Å². The van der Waals surface area contributed by atoms with Gasteiger partial charge >= 0.3 is 0 Å². The molecule has 0 bridgehead atoms. The van der Waals surface area contributed by atoms with E-state index < -0.39 is 0 Å². The van der Waals surface area contributed by atoms with Gasteiger partial charge in [0.25, 0.3) is 15.1 Å². The molecule has 0 unspecified atom stereocenters. The maximum Gasteiger partial charge on any atom is 0.261 e. The van der Waals surface area contributed by atoms with Crippen molar-refractivity contribution < 1.29 is 0 Å². The van der Waals surface area contributed by atoms with Crippen LogP contribution in [0.4, 0.5) is 0 Å². The SMILES string of the molecule is c1ccc([S+](c2ccccn2)c2ccccn2)nc1. The lowest BCUT2D eigenvalue weighted by atomic mass is 10.5. The molecule has 0 atom stereocenters. The highest BCUT2D eigenvalue weighted by atomic mass is 32.2. The zero-order chi connectivity index (χ0) is 12.9. The largest absolute Gasteiger partial charge is 0.261 e. The molecule has 3 rings (SSSR count). The smallest absolute Gasteiger partial charge is 0.210 e. The van der Waals surface area contributed by atoms with E-state index in [1.54, 1.807) is 18.6 Å². The average Bonchev–Trinajstić information content (AvgIpc) is 2.51. The second-order valence-corrected chi connectivity index (χ2v) is 5.68. The molecule has 3 heterocycles. The van der Waals surface area contributed by atoms with Crippen LogP contribution in [0.3, 0.4) is 0 Å². The summed E-state index contributed by atoms with van der Waals surface area (Å²) >= 11 is 0. The summed E-state index contributed by atoms with van der Waals surface area (Å²) in [5.74, 6) is 0. The zero-order valence-electron chi connectivity index (χ0n) is 10.2. The Labute approximate surface area is 114 Å². The van der Waals surface area contributed by atoms with Crippen LogP contribution in [0.1, 0.15) is 0 Å². The van der Waals surface area contributed by atoms with Gasteiger partial charge in [-0.1, -0.05) is 18.2 Å². The molecule has 0 fully saturated rings. The van der Waals surface area contributed by atoms with E-state index in [0.29, 0.717) is 0 Å². The van der Waals surface area contributed by atoms with E-state index >= 15 is 0 Å². The topological polar surface area (TPSA) is 38.7 Å². The quantitative estimate of drug-likeness (QED) is 0.684. The van der Waals surface area contributed by atoms with Crippen LogP contribution in [0, 0.1) is 0 Å². The molecule has 0 saturated heterocycles. The van der Waals surface area contributed by atoms with Crippen molar-refractivity contribution in [3.05, 3.63) is 73.2 Å². The average molecular weight is 266 g/mol. The molecule has 4 heteroatoms. The van der Waals surface area contributed by atoms with E-state index in [4.69, 9.17) is 0 Å². The first-order valence-electron chi connectivity index (χ1n) is 5.92. The Bertz CT molecular complexity index is 535. The third kappa shape index (κ3) is 2.63. The van der Waals surface area contributed by atoms with Gasteiger partial charge in [-0.05, 0) is 18.2 Å². The number of hydrogen-bond acceptors (Lipinski definition) is 3. The Kier molecular flexibility index (Phi) is 3.51. The predicted molar refractivity (Wildman–Crippen MR) is 74.9 cm³/mol. The predicted octanol–water partition coefficient (Wildman–Crippen LogP) is 2.97. The van der Waals surface area contributed by atoms with E-state index in [-0.39, 0.29) is 10.9 Å². The molecule has 0 spiro atoms. The minimum Gasteiger partial charge on any atom is -0.210 e. The van der Waals surface area contributed by atoms with Crippen molar-refractivity contribution in [2.45, 2.75) is 15.1 Å². The van der Waals surface area contributed by atoms with Crippen molar-refractivity contribution in [3.63, 3.8) is 0 Å². The van der Waals surface area contributed by atoms with Crippen LogP contribution in [0.5, 0.6) is 0 Å². The summed E-state index contributed by atoms with van der Waals surface area (Å²) < 4.78 is 0. The molecule has 0 radical (unpaired) electrons. The minimum atomic E-state index is -0.348. The van der Waals surface area contributed by atoms with Crippen molar-refractivity contribution in [1.82, 2.24) is 15.0 Å². The molecule has 0 aromatic carbocycles. The first-order chi connectivity index (χ1) is 9.45. The van der Waals surface area contributed by atoms with Crippen molar-refractivity contribution in [3.8, 4) is 0 Å². The fraction of sp³-hybridized carbons (Fsp3) is 0. The first kappa shape index (κ1) is 11.9. The summed E-state index contributed by atoms with van der Waals surface area (Å²) in [5, 5.41) is 2.96. The summed E-state index contributed by atoms with van der Waals surface area (Å²) in [5.41, 5.74) is 0. The van der Waals surface area contributed by atoms with Gasteiger partial charge in [-0.3, -0.25) is 0 Å². The molecule has 3 aromatic rings. The van der Waals surface area contributed by atoms with Crippen LogP contribution in [0.15, 0.2) is 88.3 Å². The third-order valence-corrected chi connectivity index (χ3v) is 4.52. The Hall–Kier alpha value is -2.20. The lowest BCUT2D eigenvalue weighted by Crippen LogP contribution is -2.09. The molecular formula is C15H12N3S+. The summed E-state index contributed by atoms with van der Waals surface area (Å²) in [4.78, 5) is 13.4. The highest BCUT2D eigenvalue weighted by molar-refractivity contribution is 7.96. The third-order valence-electron chi connectivity index (χ3n) is 2.54. The Morgan fingerprint density at radius 2 is 0.895 bits per heavy atom. The van der Waals surface area contributed by atoms with E-state index in [0.717, 1.165) is 15.1 Å². The van der Waals surface area contributed by atoms with Gasteiger partial charge in [0, 0.05) is 36.8 Å². The van der Waals surface area contributed by atoms with E-state index in [2.05, 4.69) is 15.0 Å². The van der Waals surface area contributed by atoms with Gasteiger partial charge in [0.2, 0.25) is 0 Å². The maximum absolute atomic E-state index is 4.46. The number of pyridine rings is 3. The monoisotopic (exact) mass is 266 g/mol. The van der Waals surface area contributed by atoms with Crippen molar-refractivity contribution >= 4 is 10.9 Å². The molecule has 92 valence electrons. The Morgan fingerprint density at radius 3 is 1.16 bits per heavy atom. The van der Waals surface area contributed by atoms with E-state index in [9.17, 15) is 0 Å². The van der Waals surface area contributed by atoms with Crippen LogP contribution >= 0.6 is 0 Å². The van der Waals surface area contributed by atoms with Gasteiger partial charge in [0.1, 0.15) is 0 Å². The van der Waals surface area contributed by atoms with Crippen molar-refractivity contribution in [2.75, 3.05) is 0 Å². The Balaban J connectivity index is 2.12.